The van der Waals surface area contributed by atoms with Crippen molar-refractivity contribution >= 4 is 22.0 Å². The van der Waals surface area contributed by atoms with Crippen molar-refractivity contribution in [3.63, 3.8) is 0 Å². The Morgan fingerprint density at radius 3 is 2.80 bits per heavy atom. The number of hydrogen-bond donors (Lipinski definition) is 1. The van der Waals surface area contributed by atoms with Crippen molar-refractivity contribution in [2.45, 2.75) is 26.4 Å². The SMILES string of the molecule is CC(C)Oc1cccc(C2=CCc3ccc(-c4nnc(N)s4)cc32)n1. The molecule has 0 spiro atoms. The lowest BCUT2D eigenvalue weighted by Crippen LogP contribution is -2.07. The number of nitrogens with two attached hydrogens (primary N) is 1. The molecule has 1 aromatic carbocycles. The molecule has 1 aliphatic rings. The van der Waals surface area contributed by atoms with Crippen LogP contribution in [0.3, 0.4) is 0 Å². The minimum Gasteiger partial charge on any atom is -0.475 e. The Kier molecular flexibility index (Phi) is 3.97. The number of rotatable bonds is 4. The third-order valence-electron chi connectivity index (χ3n) is 3.97. The van der Waals surface area contributed by atoms with Gasteiger partial charge in [0.15, 0.2) is 0 Å². The third kappa shape index (κ3) is 3.13. The highest BCUT2D eigenvalue weighted by molar-refractivity contribution is 7.18. The fraction of sp³-hybridized carbons (Fsp3) is 0.211. The third-order valence-corrected chi connectivity index (χ3v) is 4.77. The molecule has 0 saturated heterocycles. The molecule has 25 heavy (non-hydrogen) atoms. The largest absolute Gasteiger partial charge is 0.475 e. The van der Waals surface area contributed by atoms with Gasteiger partial charge in [-0.25, -0.2) is 4.98 Å². The second-order valence-corrected chi connectivity index (χ2v) is 7.18. The highest BCUT2D eigenvalue weighted by Gasteiger charge is 2.19. The summed E-state index contributed by atoms with van der Waals surface area (Å²) in [6.07, 6.45) is 3.21. The standard InChI is InChI=1S/C19H18N4OS/c1-11(2)24-17-5-3-4-16(21-17)14-9-8-12-6-7-13(10-15(12)14)18-22-23-19(20)25-18/h3-7,9-11H,8H2,1-2H3,(H2,20,23). The van der Waals surface area contributed by atoms with E-state index in [9.17, 15) is 0 Å². The number of nitrogen functional groups attached to an aromatic ring is 1. The van der Waals surface area contributed by atoms with Crippen LogP contribution in [0.1, 0.15) is 30.7 Å². The summed E-state index contributed by atoms with van der Waals surface area (Å²) in [5.41, 5.74) is 11.3. The van der Waals surface area contributed by atoms with E-state index in [1.807, 2.05) is 32.0 Å². The van der Waals surface area contributed by atoms with E-state index in [1.54, 1.807) is 0 Å². The van der Waals surface area contributed by atoms with Gasteiger partial charge in [0.2, 0.25) is 11.0 Å². The first-order chi connectivity index (χ1) is 12.1. The van der Waals surface area contributed by atoms with E-state index >= 15 is 0 Å². The number of hydrogen-bond acceptors (Lipinski definition) is 6. The van der Waals surface area contributed by atoms with Gasteiger partial charge >= 0.3 is 0 Å². The van der Waals surface area contributed by atoms with Crippen LogP contribution in [0.25, 0.3) is 16.1 Å². The van der Waals surface area contributed by atoms with E-state index in [4.69, 9.17) is 10.5 Å². The van der Waals surface area contributed by atoms with Crippen LogP contribution in [-0.4, -0.2) is 21.3 Å². The van der Waals surface area contributed by atoms with Gasteiger partial charge in [0.1, 0.15) is 5.01 Å². The molecule has 2 N–H and O–H groups in total. The van der Waals surface area contributed by atoms with Gasteiger partial charge in [0, 0.05) is 17.2 Å². The van der Waals surface area contributed by atoms with E-state index in [2.05, 4.69) is 39.5 Å². The van der Waals surface area contributed by atoms with E-state index in [0.717, 1.165) is 28.3 Å². The summed E-state index contributed by atoms with van der Waals surface area (Å²) in [7, 11) is 0. The number of ether oxygens (including phenoxy) is 1. The Labute approximate surface area is 150 Å². The normalized spacial score (nSPS) is 13.0. The van der Waals surface area contributed by atoms with Crippen molar-refractivity contribution in [1.29, 1.82) is 0 Å². The molecule has 0 amide bonds. The molecular weight excluding hydrogens is 332 g/mol. The van der Waals surface area contributed by atoms with Gasteiger partial charge in [-0.05, 0) is 43.5 Å². The predicted octanol–water partition coefficient (Wildman–Crippen LogP) is 3.96. The number of anilines is 1. The molecule has 1 aliphatic carbocycles. The highest BCUT2D eigenvalue weighted by Crippen LogP contribution is 2.36. The summed E-state index contributed by atoms with van der Waals surface area (Å²) in [4.78, 5) is 4.66. The molecule has 2 aromatic heterocycles. The summed E-state index contributed by atoms with van der Waals surface area (Å²) in [5.74, 6) is 0.648. The van der Waals surface area contributed by atoms with Gasteiger partial charge in [-0.2, -0.15) is 0 Å². The Bertz CT molecular complexity index is 962. The van der Waals surface area contributed by atoms with E-state index in [0.29, 0.717) is 11.0 Å². The minimum atomic E-state index is 0.0991. The van der Waals surface area contributed by atoms with Crippen LogP contribution < -0.4 is 10.5 Å². The van der Waals surface area contributed by atoms with Crippen molar-refractivity contribution in [3.8, 4) is 16.5 Å². The quantitative estimate of drug-likeness (QED) is 0.771. The Hall–Kier alpha value is -2.73. The average Bonchev–Trinajstić information content (AvgIpc) is 3.20. The minimum absolute atomic E-state index is 0.0991. The number of pyridine rings is 1. The predicted molar refractivity (Wildman–Crippen MR) is 101 cm³/mol. The van der Waals surface area contributed by atoms with Crippen LogP contribution >= 0.6 is 11.3 Å². The van der Waals surface area contributed by atoms with E-state index in [1.165, 1.54) is 22.5 Å². The fourth-order valence-electron chi connectivity index (χ4n) is 2.93. The molecule has 0 aliphatic heterocycles. The monoisotopic (exact) mass is 350 g/mol. The summed E-state index contributed by atoms with van der Waals surface area (Å²) >= 11 is 1.39. The van der Waals surface area contributed by atoms with Crippen LogP contribution in [0.4, 0.5) is 5.13 Å². The number of aromatic nitrogens is 3. The smallest absolute Gasteiger partial charge is 0.214 e. The lowest BCUT2D eigenvalue weighted by atomic mass is 10.0. The lowest BCUT2D eigenvalue weighted by Gasteiger charge is -2.11. The molecule has 126 valence electrons. The van der Waals surface area contributed by atoms with Crippen LogP contribution in [0.5, 0.6) is 5.88 Å². The van der Waals surface area contributed by atoms with Gasteiger partial charge in [0.25, 0.3) is 0 Å². The molecule has 0 fully saturated rings. The first kappa shape index (κ1) is 15.8. The highest BCUT2D eigenvalue weighted by atomic mass is 32.1. The summed E-state index contributed by atoms with van der Waals surface area (Å²) in [6, 6.07) is 12.2. The van der Waals surface area contributed by atoms with Crippen molar-refractivity contribution in [3.05, 3.63) is 59.3 Å². The van der Waals surface area contributed by atoms with Crippen LogP contribution in [-0.2, 0) is 6.42 Å². The first-order valence-corrected chi connectivity index (χ1v) is 8.98. The van der Waals surface area contributed by atoms with Crippen molar-refractivity contribution in [2.24, 2.45) is 0 Å². The number of fused-ring (bicyclic) bond motifs is 1. The molecule has 0 radical (unpaired) electrons. The Balaban J connectivity index is 1.71. The fourth-order valence-corrected chi connectivity index (χ4v) is 3.53. The zero-order valence-electron chi connectivity index (χ0n) is 14.1. The molecule has 6 heteroatoms. The summed E-state index contributed by atoms with van der Waals surface area (Å²) in [5, 5.41) is 9.36. The molecule has 0 saturated carbocycles. The van der Waals surface area contributed by atoms with Crippen molar-refractivity contribution in [2.75, 3.05) is 5.73 Å². The Morgan fingerprint density at radius 2 is 2.04 bits per heavy atom. The summed E-state index contributed by atoms with van der Waals surface area (Å²) < 4.78 is 5.73. The molecule has 2 heterocycles. The molecule has 3 aromatic rings. The van der Waals surface area contributed by atoms with Crippen molar-refractivity contribution in [1.82, 2.24) is 15.2 Å². The average molecular weight is 350 g/mol. The van der Waals surface area contributed by atoms with Gasteiger partial charge in [-0.15, -0.1) is 10.2 Å². The summed E-state index contributed by atoms with van der Waals surface area (Å²) in [6.45, 7) is 4.00. The topological polar surface area (TPSA) is 73.9 Å². The second-order valence-electron chi connectivity index (χ2n) is 6.17. The van der Waals surface area contributed by atoms with E-state index in [-0.39, 0.29) is 6.10 Å². The van der Waals surface area contributed by atoms with Gasteiger partial charge in [-0.3, -0.25) is 0 Å². The zero-order chi connectivity index (χ0) is 17.4. The zero-order valence-corrected chi connectivity index (χ0v) is 14.9. The van der Waals surface area contributed by atoms with Gasteiger partial charge in [-0.1, -0.05) is 35.6 Å². The van der Waals surface area contributed by atoms with Gasteiger partial charge < -0.3 is 10.5 Å². The van der Waals surface area contributed by atoms with Crippen LogP contribution in [0, 0.1) is 0 Å². The maximum absolute atomic E-state index is 5.73. The Morgan fingerprint density at radius 1 is 1.16 bits per heavy atom. The number of benzene rings is 1. The maximum Gasteiger partial charge on any atom is 0.214 e. The van der Waals surface area contributed by atoms with Crippen LogP contribution in [0.2, 0.25) is 0 Å². The molecule has 4 rings (SSSR count). The number of nitrogens with zero attached hydrogens (tertiary/aromatic N) is 3. The molecule has 0 bridgehead atoms. The lowest BCUT2D eigenvalue weighted by molar-refractivity contribution is 0.232. The molecular formula is C19H18N4OS. The molecule has 5 nitrogen and oxygen atoms in total. The van der Waals surface area contributed by atoms with Gasteiger partial charge in [0.05, 0.1) is 11.8 Å². The molecule has 0 atom stereocenters. The first-order valence-electron chi connectivity index (χ1n) is 8.17. The van der Waals surface area contributed by atoms with E-state index < -0.39 is 0 Å². The van der Waals surface area contributed by atoms with Crippen molar-refractivity contribution < 1.29 is 4.74 Å². The molecule has 0 unspecified atom stereocenters. The van der Waals surface area contributed by atoms with Crippen LogP contribution in [0.15, 0.2) is 42.5 Å². The number of allylic oxidation sites excluding steroid dienone is 1. The second kappa shape index (κ2) is 6.29. The maximum atomic E-state index is 5.73.